The zero-order valence-corrected chi connectivity index (χ0v) is 32.0. The van der Waals surface area contributed by atoms with Gasteiger partial charge >= 0.3 is 6.09 Å². The Kier molecular flexibility index (Phi) is 8.87. The van der Waals surface area contributed by atoms with Gasteiger partial charge in [-0.2, -0.15) is 5.26 Å². The van der Waals surface area contributed by atoms with Gasteiger partial charge in [0.2, 0.25) is 5.91 Å². The maximum atomic E-state index is 13.5. The minimum atomic E-state index is -0.630. The standard InChI is InChI=1S/C44H49N7O3/c1-26(2)27(3)41(52)51-25-44(15-16-44)20-38(51)40-47-23-36(49-40)34-14-13-32-18-31(11-12-33(32)19-34)29-7-9-30(10-8-29)35-22-46-39(48-35)37-17-28(21-45)24-50(37)42(53)54-43(4,5)6/h7-14,18-19,22-23,26-28,37-38H,15-17,20,24-25H2,1-6H3,(H,46,48)(H,47,49)/t27-,28+,37-,38-/m0/s1. The lowest BCUT2D eigenvalue weighted by Gasteiger charge is -2.28. The molecule has 4 atom stereocenters. The van der Waals surface area contributed by atoms with E-state index in [0.29, 0.717) is 24.7 Å². The highest BCUT2D eigenvalue weighted by atomic mass is 16.6. The highest BCUT2D eigenvalue weighted by molar-refractivity contribution is 5.90. The second-order valence-electron chi connectivity index (χ2n) is 17.1. The lowest BCUT2D eigenvalue weighted by atomic mass is 9.96. The van der Waals surface area contributed by atoms with Gasteiger partial charge in [-0.05, 0) is 97.4 Å². The third-order valence-electron chi connectivity index (χ3n) is 11.8. The minimum Gasteiger partial charge on any atom is -0.444 e. The number of hydrogen-bond donors (Lipinski definition) is 2. The van der Waals surface area contributed by atoms with Crippen molar-refractivity contribution >= 4 is 22.8 Å². The van der Waals surface area contributed by atoms with Crippen molar-refractivity contribution in [2.45, 2.75) is 84.9 Å². The summed E-state index contributed by atoms with van der Waals surface area (Å²) in [5.74, 6) is 1.80. The van der Waals surface area contributed by atoms with E-state index < -0.39 is 11.7 Å². The quantitative estimate of drug-likeness (QED) is 0.172. The van der Waals surface area contributed by atoms with Gasteiger partial charge in [0.25, 0.3) is 0 Å². The molecule has 2 N–H and O–H groups in total. The molecule has 0 bridgehead atoms. The van der Waals surface area contributed by atoms with E-state index >= 15 is 0 Å². The number of nitrogens with one attached hydrogen (secondary N) is 2. The van der Waals surface area contributed by atoms with Gasteiger partial charge in [0.05, 0.1) is 47.9 Å². The number of nitrogens with zero attached hydrogens (tertiary/aromatic N) is 5. The molecule has 1 spiro atoms. The van der Waals surface area contributed by atoms with Crippen molar-refractivity contribution < 1.29 is 14.3 Å². The van der Waals surface area contributed by atoms with Crippen molar-refractivity contribution in [3.8, 4) is 39.7 Å². The normalized spacial score (nSPS) is 21.2. The average molecular weight is 724 g/mol. The van der Waals surface area contributed by atoms with Crippen LogP contribution in [0.5, 0.6) is 0 Å². The van der Waals surface area contributed by atoms with Gasteiger partial charge in [0, 0.05) is 24.6 Å². The Morgan fingerprint density at radius 2 is 1.41 bits per heavy atom. The van der Waals surface area contributed by atoms with Crippen LogP contribution in [0.15, 0.2) is 73.1 Å². The summed E-state index contributed by atoms with van der Waals surface area (Å²) in [6.07, 6.45) is 7.15. The first-order chi connectivity index (χ1) is 25.8. The summed E-state index contributed by atoms with van der Waals surface area (Å²) in [6, 6.07) is 23.3. The van der Waals surface area contributed by atoms with Gasteiger partial charge in [-0.25, -0.2) is 14.8 Å². The Morgan fingerprint density at radius 1 is 0.833 bits per heavy atom. The maximum absolute atomic E-state index is 13.5. The Balaban J connectivity index is 0.970. The largest absolute Gasteiger partial charge is 0.444 e. The smallest absolute Gasteiger partial charge is 0.410 e. The molecule has 4 heterocycles. The number of nitriles is 1. The summed E-state index contributed by atoms with van der Waals surface area (Å²) in [5.41, 5.74) is 5.72. The van der Waals surface area contributed by atoms with Crippen molar-refractivity contribution in [3.05, 3.63) is 84.7 Å². The summed E-state index contributed by atoms with van der Waals surface area (Å²) in [4.78, 5) is 46.7. The number of fused-ring (bicyclic) bond motifs is 1. The maximum Gasteiger partial charge on any atom is 0.410 e. The van der Waals surface area contributed by atoms with Crippen LogP contribution in [0.2, 0.25) is 0 Å². The zero-order valence-electron chi connectivity index (χ0n) is 32.0. The molecule has 1 aliphatic carbocycles. The van der Waals surface area contributed by atoms with Crippen LogP contribution in [0.3, 0.4) is 0 Å². The molecule has 10 nitrogen and oxygen atoms in total. The Labute approximate surface area is 317 Å². The predicted molar refractivity (Wildman–Crippen MR) is 209 cm³/mol. The molecule has 3 fully saturated rings. The molecule has 0 radical (unpaired) electrons. The van der Waals surface area contributed by atoms with Crippen molar-refractivity contribution in [2.75, 3.05) is 13.1 Å². The number of rotatable bonds is 7. The van der Waals surface area contributed by atoms with Gasteiger partial charge in [-0.1, -0.05) is 69.3 Å². The topological polar surface area (TPSA) is 131 Å². The Bertz CT molecular complexity index is 2250. The van der Waals surface area contributed by atoms with Crippen LogP contribution in [0, 0.1) is 34.5 Å². The van der Waals surface area contributed by atoms with Crippen LogP contribution >= 0.6 is 0 Å². The van der Waals surface area contributed by atoms with Crippen LogP contribution < -0.4 is 0 Å². The third-order valence-corrected chi connectivity index (χ3v) is 11.8. The first kappa shape index (κ1) is 35.6. The summed E-state index contributed by atoms with van der Waals surface area (Å²) in [6.45, 7) is 13.0. The monoisotopic (exact) mass is 723 g/mol. The highest BCUT2D eigenvalue weighted by Gasteiger charge is 2.54. The Hall–Kier alpha value is -5.43. The zero-order chi connectivity index (χ0) is 37.9. The molecule has 2 saturated heterocycles. The molecule has 3 aliphatic rings. The third kappa shape index (κ3) is 6.88. The molecule has 278 valence electrons. The molecular weight excluding hydrogens is 675 g/mol. The second kappa shape index (κ2) is 13.5. The number of H-pyrrole nitrogens is 2. The molecular formula is C44H49N7O3. The van der Waals surface area contributed by atoms with Gasteiger partial charge in [-0.15, -0.1) is 0 Å². The number of carbonyl (C=O) groups excluding carboxylic acids is 2. The number of carbonyl (C=O) groups is 2. The first-order valence-corrected chi connectivity index (χ1v) is 19.2. The summed E-state index contributed by atoms with van der Waals surface area (Å²) >= 11 is 0. The number of ether oxygens (including phenoxy) is 1. The van der Waals surface area contributed by atoms with Crippen molar-refractivity contribution in [1.82, 2.24) is 29.7 Å². The van der Waals surface area contributed by atoms with Gasteiger partial charge in [0.1, 0.15) is 17.2 Å². The van der Waals surface area contributed by atoms with E-state index in [0.717, 1.165) is 63.2 Å². The fraction of sp³-hybridized carbons (Fsp3) is 0.432. The van der Waals surface area contributed by atoms with Crippen LogP contribution in [0.4, 0.5) is 4.79 Å². The second-order valence-corrected chi connectivity index (χ2v) is 17.1. The molecule has 2 amide bonds. The molecule has 2 aliphatic heterocycles. The molecule has 5 aromatic rings. The van der Waals surface area contributed by atoms with Gasteiger partial charge in [0.15, 0.2) is 0 Å². The molecule has 2 aromatic heterocycles. The first-order valence-electron chi connectivity index (χ1n) is 19.2. The van der Waals surface area contributed by atoms with Gasteiger partial charge < -0.3 is 19.6 Å². The molecule has 54 heavy (non-hydrogen) atoms. The van der Waals surface area contributed by atoms with E-state index in [1.54, 1.807) is 11.1 Å². The summed E-state index contributed by atoms with van der Waals surface area (Å²) in [7, 11) is 0. The number of amides is 2. The van der Waals surface area contributed by atoms with Crippen molar-refractivity contribution in [1.29, 1.82) is 5.26 Å². The van der Waals surface area contributed by atoms with Crippen molar-refractivity contribution in [2.24, 2.45) is 23.2 Å². The van der Waals surface area contributed by atoms with Gasteiger partial charge in [-0.3, -0.25) is 9.69 Å². The van der Waals surface area contributed by atoms with E-state index in [2.05, 4.69) is 107 Å². The SMILES string of the molecule is CC(C)[C@H](C)C(=O)N1CC2(CC2)C[C@H]1c1ncc(-c2ccc3cc(-c4ccc(-c5cnc([C@@H]6C[C@H](C#N)CN6C(=O)OC(C)(C)C)[nH]5)cc4)ccc3c2)[nH]1. The van der Waals surface area contributed by atoms with E-state index in [1.165, 1.54) is 12.8 Å². The molecule has 3 aromatic carbocycles. The number of hydrogen-bond acceptors (Lipinski definition) is 6. The van der Waals surface area contributed by atoms with Crippen LogP contribution in [-0.4, -0.2) is 60.4 Å². The van der Waals surface area contributed by atoms with E-state index in [-0.39, 0.29) is 35.2 Å². The number of aromatic nitrogens is 4. The lowest BCUT2D eigenvalue weighted by molar-refractivity contribution is -0.137. The van der Waals surface area contributed by atoms with E-state index in [9.17, 15) is 14.9 Å². The molecule has 8 rings (SSSR count). The lowest BCUT2D eigenvalue weighted by Crippen LogP contribution is -2.37. The Morgan fingerprint density at radius 3 is 2.02 bits per heavy atom. The highest BCUT2D eigenvalue weighted by Crippen LogP contribution is 2.58. The van der Waals surface area contributed by atoms with E-state index in [1.807, 2.05) is 27.0 Å². The number of likely N-dealkylation sites (tertiary alicyclic amines) is 2. The van der Waals surface area contributed by atoms with Crippen LogP contribution in [0.1, 0.15) is 91.0 Å². The predicted octanol–water partition coefficient (Wildman–Crippen LogP) is 9.45. The van der Waals surface area contributed by atoms with E-state index in [4.69, 9.17) is 9.72 Å². The summed E-state index contributed by atoms with van der Waals surface area (Å²) in [5, 5.41) is 11.9. The van der Waals surface area contributed by atoms with Crippen LogP contribution in [-0.2, 0) is 9.53 Å². The number of benzene rings is 3. The molecule has 1 saturated carbocycles. The fourth-order valence-electron chi connectivity index (χ4n) is 8.07. The number of aromatic amines is 2. The molecule has 0 unspecified atom stereocenters. The fourth-order valence-corrected chi connectivity index (χ4v) is 8.07. The minimum absolute atomic E-state index is 0.00123. The summed E-state index contributed by atoms with van der Waals surface area (Å²) < 4.78 is 5.63. The van der Waals surface area contributed by atoms with Crippen LogP contribution in [0.25, 0.3) is 44.4 Å². The van der Waals surface area contributed by atoms with Crippen molar-refractivity contribution in [3.63, 3.8) is 0 Å². The number of imidazole rings is 2. The molecule has 10 heteroatoms. The average Bonchev–Trinajstić information content (AvgIpc) is 3.65.